The first-order valence-electron chi connectivity index (χ1n) is 7.26. The number of hydrogen-bond acceptors (Lipinski definition) is 1. The second-order valence-electron chi connectivity index (χ2n) is 6.24. The van der Waals surface area contributed by atoms with Gasteiger partial charge in [0.05, 0.1) is 0 Å². The number of rotatable bonds is 4. The van der Waals surface area contributed by atoms with Gasteiger partial charge in [0.25, 0.3) is 5.91 Å². The summed E-state index contributed by atoms with van der Waals surface area (Å²) in [5.74, 6) is 0.919. The highest BCUT2D eigenvalue weighted by atomic mass is 16.2. The highest BCUT2D eigenvalue weighted by molar-refractivity contribution is 5.99. The molecule has 0 bridgehead atoms. The van der Waals surface area contributed by atoms with E-state index in [9.17, 15) is 4.79 Å². The fourth-order valence-corrected chi connectivity index (χ4v) is 2.62. The number of aromatic amines is 1. The van der Waals surface area contributed by atoms with Gasteiger partial charge in [-0.3, -0.25) is 4.79 Å². The van der Waals surface area contributed by atoms with Crippen LogP contribution in [0.4, 0.5) is 0 Å². The van der Waals surface area contributed by atoms with Gasteiger partial charge in [-0.2, -0.15) is 0 Å². The summed E-state index contributed by atoms with van der Waals surface area (Å²) in [6.07, 6.45) is 1.92. The van der Waals surface area contributed by atoms with Crippen molar-refractivity contribution in [2.24, 2.45) is 5.92 Å². The first-order valence-corrected chi connectivity index (χ1v) is 7.26. The Morgan fingerprint density at radius 2 is 1.95 bits per heavy atom. The van der Waals surface area contributed by atoms with Crippen LogP contribution in [0.25, 0.3) is 10.9 Å². The van der Waals surface area contributed by atoms with E-state index in [4.69, 9.17) is 0 Å². The Hall–Kier alpha value is -1.77. The summed E-state index contributed by atoms with van der Waals surface area (Å²) < 4.78 is 0. The van der Waals surface area contributed by atoms with E-state index < -0.39 is 0 Å². The van der Waals surface area contributed by atoms with E-state index >= 15 is 0 Å². The summed E-state index contributed by atoms with van der Waals surface area (Å²) in [7, 11) is 1.88. The maximum absolute atomic E-state index is 12.7. The van der Waals surface area contributed by atoms with E-state index in [1.165, 1.54) is 0 Å². The lowest BCUT2D eigenvalue weighted by Gasteiger charge is -2.22. The number of carbonyl (C=O) groups is 1. The average molecular weight is 272 g/mol. The molecule has 1 heterocycles. The zero-order valence-electron chi connectivity index (χ0n) is 13.0. The predicted molar refractivity (Wildman–Crippen MR) is 84.2 cm³/mol. The van der Waals surface area contributed by atoms with Gasteiger partial charge in [-0.1, -0.05) is 27.7 Å². The number of nitrogens with zero attached hydrogens (tertiary/aromatic N) is 1. The Kier molecular flexibility index (Phi) is 4.17. The molecule has 20 heavy (non-hydrogen) atoms. The van der Waals surface area contributed by atoms with Crippen LogP contribution < -0.4 is 0 Å². The molecule has 0 atom stereocenters. The van der Waals surface area contributed by atoms with Crippen LogP contribution >= 0.6 is 0 Å². The van der Waals surface area contributed by atoms with E-state index in [1.54, 1.807) is 0 Å². The van der Waals surface area contributed by atoms with Crippen LogP contribution in [0.1, 0.15) is 49.5 Å². The van der Waals surface area contributed by atoms with Crippen molar-refractivity contribution < 1.29 is 4.79 Å². The molecule has 1 amide bonds. The van der Waals surface area contributed by atoms with Crippen LogP contribution in [0.2, 0.25) is 0 Å². The number of benzene rings is 1. The van der Waals surface area contributed by atoms with Crippen molar-refractivity contribution >= 4 is 16.8 Å². The minimum absolute atomic E-state index is 0.116. The molecule has 0 unspecified atom stereocenters. The van der Waals surface area contributed by atoms with Crippen molar-refractivity contribution in [1.82, 2.24) is 9.88 Å². The number of amides is 1. The SMILES string of the molecule is CC(C)CN(C)C(=O)c1cc2cc[nH]c2cc1C(C)C. The van der Waals surface area contributed by atoms with Gasteiger partial charge in [-0.25, -0.2) is 0 Å². The summed E-state index contributed by atoms with van der Waals surface area (Å²) >= 11 is 0. The fraction of sp³-hybridized carbons (Fsp3) is 0.471. The second-order valence-corrected chi connectivity index (χ2v) is 6.24. The van der Waals surface area contributed by atoms with Crippen molar-refractivity contribution in [3.8, 4) is 0 Å². The highest BCUT2D eigenvalue weighted by Gasteiger charge is 2.19. The van der Waals surface area contributed by atoms with Gasteiger partial charge in [0.2, 0.25) is 0 Å². The van der Waals surface area contributed by atoms with E-state index in [0.717, 1.165) is 28.6 Å². The molecule has 0 aliphatic carbocycles. The summed E-state index contributed by atoms with van der Waals surface area (Å²) in [5.41, 5.74) is 3.03. The van der Waals surface area contributed by atoms with E-state index in [1.807, 2.05) is 30.3 Å². The van der Waals surface area contributed by atoms with Gasteiger partial charge in [-0.05, 0) is 35.6 Å². The zero-order chi connectivity index (χ0) is 14.9. The van der Waals surface area contributed by atoms with Crippen molar-refractivity contribution in [2.75, 3.05) is 13.6 Å². The van der Waals surface area contributed by atoms with Gasteiger partial charge < -0.3 is 9.88 Å². The third-order valence-electron chi connectivity index (χ3n) is 3.56. The number of hydrogen-bond donors (Lipinski definition) is 1. The molecule has 0 aliphatic heterocycles. The largest absolute Gasteiger partial charge is 0.361 e. The lowest BCUT2D eigenvalue weighted by atomic mass is 9.94. The zero-order valence-corrected chi connectivity index (χ0v) is 13.0. The van der Waals surface area contributed by atoms with Crippen LogP contribution in [0, 0.1) is 5.92 Å². The van der Waals surface area contributed by atoms with Crippen LogP contribution in [0.5, 0.6) is 0 Å². The molecule has 3 nitrogen and oxygen atoms in total. The molecule has 108 valence electrons. The Morgan fingerprint density at radius 1 is 1.25 bits per heavy atom. The molecule has 0 spiro atoms. The molecule has 2 rings (SSSR count). The van der Waals surface area contributed by atoms with E-state index in [-0.39, 0.29) is 5.91 Å². The maximum atomic E-state index is 12.7. The molecule has 0 fully saturated rings. The summed E-state index contributed by atoms with van der Waals surface area (Å²) in [4.78, 5) is 17.7. The van der Waals surface area contributed by atoms with Gasteiger partial charge in [0, 0.05) is 36.3 Å². The normalized spacial score (nSPS) is 11.6. The molecule has 0 aliphatic rings. The third-order valence-corrected chi connectivity index (χ3v) is 3.56. The molecule has 1 N–H and O–H groups in total. The lowest BCUT2D eigenvalue weighted by Crippen LogP contribution is -2.31. The topological polar surface area (TPSA) is 36.1 Å². The molecular weight excluding hydrogens is 248 g/mol. The fourth-order valence-electron chi connectivity index (χ4n) is 2.62. The Bertz CT molecular complexity index is 610. The maximum Gasteiger partial charge on any atom is 0.253 e. The Balaban J connectivity index is 2.45. The molecule has 1 aromatic heterocycles. The molecule has 3 heteroatoms. The van der Waals surface area contributed by atoms with E-state index in [0.29, 0.717) is 11.8 Å². The van der Waals surface area contributed by atoms with Crippen molar-refractivity contribution in [1.29, 1.82) is 0 Å². The molecular formula is C17H24N2O. The first-order chi connectivity index (χ1) is 9.40. The smallest absolute Gasteiger partial charge is 0.253 e. The molecule has 0 radical (unpaired) electrons. The van der Waals surface area contributed by atoms with Crippen molar-refractivity contribution in [3.63, 3.8) is 0 Å². The molecule has 2 aromatic rings. The van der Waals surface area contributed by atoms with Gasteiger partial charge in [0.1, 0.15) is 0 Å². The van der Waals surface area contributed by atoms with Gasteiger partial charge >= 0.3 is 0 Å². The minimum atomic E-state index is 0.116. The standard InChI is InChI=1S/C17H24N2O/c1-11(2)10-19(5)17(20)15-8-13-6-7-18-16(13)9-14(15)12(3)4/h6-9,11-12,18H,10H2,1-5H3. The quantitative estimate of drug-likeness (QED) is 0.896. The lowest BCUT2D eigenvalue weighted by molar-refractivity contribution is 0.0778. The number of aromatic nitrogens is 1. The Labute approximate surface area is 121 Å². The van der Waals surface area contributed by atoms with Crippen molar-refractivity contribution in [2.45, 2.75) is 33.6 Å². The molecule has 1 aromatic carbocycles. The third kappa shape index (κ3) is 2.87. The molecule has 0 saturated carbocycles. The summed E-state index contributed by atoms with van der Waals surface area (Å²) in [6, 6.07) is 6.13. The number of fused-ring (bicyclic) bond motifs is 1. The number of nitrogens with one attached hydrogen (secondary N) is 1. The summed E-state index contributed by atoms with van der Waals surface area (Å²) in [6.45, 7) is 9.29. The predicted octanol–water partition coefficient (Wildman–Crippen LogP) is 4.02. The van der Waals surface area contributed by atoms with Crippen LogP contribution in [-0.4, -0.2) is 29.4 Å². The number of H-pyrrole nitrogens is 1. The number of carbonyl (C=O) groups excluding carboxylic acids is 1. The second kappa shape index (κ2) is 5.70. The van der Waals surface area contributed by atoms with Crippen LogP contribution in [0.3, 0.4) is 0 Å². The van der Waals surface area contributed by atoms with Crippen LogP contribution in [0.15, 0.2) is 24.4 Å². The van der Waals surface area contributed by atoms with Gasteiger partial charge in [-0.15, -0.1) is 0 Å². The highest BCUT2D eigenvalue weighted by Crippen LogP contribution is 2.26. The van der Waals surface area contributed by atoms with Crippen LogP contribution in [-0.2, 0) is 0 Å². The van der Waals surface area contributed by atoms with Gasteiger partial charge in [0.15, 0.2) is 0 Å². The van der Waals surface area contributed by atoms with E-state index in [2.05, 4.69) is 38.7 Å². The van der Waals surface area contributed by atoms with Crippen molar-refractivity contribution in [3.05, 3.63) is 35.5 Å². The summed E-state index contributed by atoms with van der Waals surface area (Å²) in [5, 5.41) is 1.09. The average Bonchev–Trinajstić information content (AvgIpc) is 2.82. The first kappa shape index (κ1) is 14.6. The minimum Gasteiger partial charge on any atom is -0.361 e. The molecule has 0 saturated heterocycles. The monoisotopic (exact) mass is 272 g/mol. The Morgan fingerprint density at radius 3 is 2.55 bits per heavy atom.